The average molecular weight is 408 g/mol. The molecular formula is C17H20N4O6S. The third-order valence-electron chi connectivity index (χ3n) is 4.14. The van der Waals surface area contributed by atoms with Gasteiger partial charge in [0.1, 0.15) is 6.10 Å². The molecule has 1 N–H and O–H groups in total. The van der Waals surface area contributed by atoms with Gasteiger partial charge >= 0.3 is 6.09 Å². The number of hydrogen-bond donors (Lipinski definition) is 1. The minimum Gasteiger partial charge on any atom is -0.480 e. The lowest BCUT2D eigenvalue weighted by atomic mass is 10.3. The Morgan fingerprint density at radius 1 is 1.11 bits per heavy atom. The molecular weight excluding hydrogens is 388 g/mol. The zero-order chi connectivity index (χ0) is 20.1. The molecule has 1 atom stereocenters. The van der Waals surface area contributed by atoms with Crippen LogP contribution in [0.2, 0.25) is 0 Å². The molecule has 0 aliphatic carbocycles. The number of anilines is 1. The van der Waals surface area contributed by atoms with Crippen molar-refractivity contribution < 1.29 is 27.4 Å². The monoisotopic (exact) mass is 408 g/mol. The molecule has 0 bridgehead atoms. The van der Waals surface area contributed by atoms with Gasteiger partial charge in [-0.05, 0) is 30.7 Å². The molecule has 1 saturated heterocycles. The number of aromatic nitrogens is 2. The van der Waals surface area contributed by atoms with Crippen molar-refractivity contribution in [1.29, 1.82) is 0 Å². The van der Waals surface area contributed by atoms with Crippen molar-refractivity contribution >= 4 is 21.8 Å². The van der Waals surface area contributed by atoms with E-state index in [0.29, 0.717) is 30.4 Å². The number of carbonyl (C=O) groups excluding carboxylic acids is 1. The number of benzene rings is 1. The van der Waals surface area contributed by atoms with Crippen LogP contribution in [0.1, 0.15) is 6.42 Å². The molecule has 150 valence electrons. The van der Waals surface area contributed by atoms with Gasteiger partial charge in [-0.2, -0.15) is 4.31 Å². The Labute approximate surface area is 162 Å². The molecule has 0 spiro atoms. The van der Waals surface area contributed by atoms with Crippen LogP contribution in [0.5, 0.6) is 11.8 Å². The van der Waals surface area contributed by atoms with E-state index in [4.69, 9.17) is 9.47 Å². The van der Waals surface area contributed by atoms with E-state index in [0.717, 1.165) is 0 Å². The molecule has 1 unspecified atom stereocenters. The first-order valence-corrected chi connectivity index (χ1v) is 9.86. The fourth-order valence-corrected chi connectivity index (χ4v) is 4.18. The van der Waals surface area contributed by atoms with Crippen LogP contribution >= 0.6 is 0 Å². The van der Waals surface area contributed by atoms with Gasteiger partial charge in [0.15, 0.2) is 0 Å². The summed E-state index contributed by atoms with van der Waals surface area (Å²) < 4.78 is 42.2. The van der Waals surface area contributed by atoms with Crippen LogP contribution in [0, 0.1) is 0 Å². The summed E-state index contributed by atoms with van der Waals surface area (Å²) in [6.45, 7) is 0.539. The normalized spacial score (nSPS) is 17.1. The Morgan fingerprint density at radius 2 is 1.79 bits per heavy atom. The molecule has 0 radical (unpaired) electrons. The maximum Gasteiger partial charge on any atom is 0.411 e. The number of nitrogens with zero attached hydrogens (tertiary/aromatic N) is 3. The summed E-state index contributed by atoms with van der Waals surface area (Å²) in [5.41, 5.74) is 0.437. The van der Waals surface area contributed by atoms with Crippen molar-refractivity contribution in [2.75, 3.05) is 32.6 Å². The minimum absolute atomic E-state index is 0.132. The van der Waals surface area contributed by atoms with E-state index in [-0.39, 0.29) is 17.5 Å². The molecule has 0 saturated carbocycles. The van der Waals surface area contributed by atoms with E-state index in [2.05, 4.69) is 20.3 Å². The van der Waals surface area contributed by atoms with Crippen LogP contribution in [0.4, 0.5) is 10.5 Å². The van der Waals surface area contributed by atoms with E-state index < -0.39 is 16.1 Å². The van der Waals surface area contributed by atoms with E-state index in [9.17, 15) is 13.2 Å². The standard InChI is InChI=1S/C17H20N4O6S/c1-25-15-7-8-16(20-19-15)27-13-9-10-21(11-13)28(23,24)14-5-3-12(4-6-14)18-17(22)26-2/h3-8,13H,9-11H2,1-2H3,(H,18,22). The van der Waals surface area contributed by atoms with Gasteiger partial charge in [0.05, 0.1) is 25.7 Å². The zero-order valence-electron chi connectivity index (χ0n) is 15.4. The number of ether oxygens (including phenoxy) is 3. The number of carbonyl (C=O) groups is 1. The number of nitrogens with one attached hydrogen (secondary N) is 1. The van der Waals surface area contributed by atoms with Crippen LogP contribution < -0.4 is 14.8 Å². The topological polar surface area (TPSA) is 120 Å². The molecule has 10 nitrogen and oxygen atoms in total. The summed E-state index contributed by atoms with van der Waals surface area (Å²) in [6.07, 6.45) is -0.413. The average Bonchev–Trinajstić information content (AvgIpc) is 3.18. The van der Waals surface area contributed by atoms with Gasteiger partial charge in [-0.1, -0.05) is 0 Å². The molecule has 1 amide bonds. The van der Waals surface area contributed by atoms with Crippen LogP contribution in [0.25, 0.3) is 0 Å². The summed E-state index contributed by atoms with van der Waals surface area (Å²) in [5, 5.41) is 10.2. The number of amides is 1. The number of hydrogen-bond acceptors (Lipinski definition) is 8. The Hall–Kier alpha value is -2.92. The minimum atomic E-state index is -3.67. The second-order valence-corrected chi connectivity index (χ2v) is 7.88. The second-order valence-electron chi connectivity index (χ2n) is 5.95. The van der Waals surface area contributed by atoms with Crippen molar-refractivity contribution in [3.05, 3.63) is 36.4 Å². The third-order valence-corrected chi connectivity index (χ3v) is 6.02. The fraction of sp³-hybridized carbons (Fsp3) is 0.353. The lowest BCUT2D eigenvalue weighted by molar-refractivity contribution is 0.187. The molecule has 3 rings (SSSR count). The highest BCUT2D eigenvalue weighted by atomic mass is 32.2. The SMILES string of the molecule is COC(=O)Nc1ccc(S(=O)(=O)N2CCC(Oc3ccc(OC)nn3)C2)cc1. The Balaban J connectivity index is 1.63. The van der Waals surface area contributed by atoms with Crippen molar-refractivity contribution in [2.24, 2.45) is 0 Å². The first-order chi connectivity index (χ1) is 13.4. The summed E-state index contributed by atoms with van der Waals surface area (Å²) in [5.74, 6) is 0.677. The third kappa shape index (κ3) is 4.49. The molecule has 1 aliphatic rings. The van der Waals surface area contributed by atoms with Gasteiger partial charge in [0, 0.05) is 24.4 Å². The predicted octanol–water partition coefficient (Wildman–Crippen LogP) is 1.51. The smallest absolute Gasteiger partial charge is 0.411 e. The molecule has 1 aliphatic heterocycles. The van der Waals surface area contributed by atoms with Gasteiger partial charge in [-0.3, -0.25) is 5.32 Å². The maximum absolute atomic E-state index is 12.8. The number of methoxy groups -OCH3 is 2. The number of rotatable bonds is 6. The highest BCUT2D eigenvalue weighted by Crippen LogP contribution is 2.24. The highest BCUT2D eigenvalue weighted by molar-refractivity contribution is 7.89. The Bertz CT molecular complexity index is 918. The van der Waals surface area contributed by atoms with Crippen molar-refractivity contribution in [1.82, 2.24) is 14.5 Å². The molecule has 1 aromatic carbocycles. The zero-order valence-corrected chi connectivity index (χ0v) is 16.2. The summed E-state index contributed by atoms with van der Waals surface area (Å²) >= 11 is 0. The van der Waals surface area contributed by atoms with Gasteiger partial charge in [0.25, 0.3) is 0 Å². The van der Waals surface area contributed by atoms with Crippen molar-refractivity contribution in [3.63, 3.8) is 0 Å². The number of sulfonamides is 1. The van der Waals surface area contributed by atoms with Crippen molar-refractivity contribution in [2.45, 2.75) is 17.4 Å². The van der Waals surface area contributed by atoms with Crippen LogP contribution in [0.15, 0.2) is 41.3 Å². The molecule has 11 heteroatoms. The van der Waals surface area contributed by atoms with Crippen molar-refractivity contribution in [3.8, 4) is 11.8 Å². The van der Waals surface area contributed by atoms with Crippen LogP contribution in [-0.2, 0) is 14.8 Å². The van der Waals surface area contributed by atoms with Gasteiger partial charge in [-0.15, -0.1) is 10.2 Å². The summed E-state index contributed by atoms with van der Waals surface area (Å²) in [6, 6.07) is 9.11. The first-order valence-electron chi connectivity index (χ1n) is 8.42. The first kappa shape index (κ1) is 19.8. The highest BCUT2D eigenvalue weighted by Gasteiger charge is 2.33. The molecule has 2 heterocycles. The van der Waals surface area contributed by atoms with Gasteiger partial charge in [-0.25, -0.2) is 13.2 Å². The largest absolute Gasteiger partial charge is 0.480 e. The second kappa shape index (κ2) is 8.40. The van der Waals surface area contributed by atoms with Gasteiger partial charge in [0.2, 0.25) is 21.8 Å². The van der Waals surface area contributed by atoms with Gasteiger partial charge < -0.3 is 14.2 Å². The van der Waals surface area contributed by atoms with E-state index in [1.54, 1.807) is 12.1 Å². The van der Waals surface area contributed by atoms with Crippen LogP contribution in [0.3, 0.4) is 0 Å². The van der Waals surface area contributed by atoms with E-state index >= 15 is 0 Å². The fourth-order valence-electron chi connectivity index (χ4n) is 2.69. The van der Waals surface area contributed by atoms with E-state index in [1.807, 2.05) is 0 Å². The molecule has 28 heavy (non-hydrogen) atoms. The lowest BCUT2D eigenvalue weighted by Crippen LogP contribution is -2.31. The summed E-state index contributed by atoms with van der Waals surface area (Å²) in [4.78, 5) is 11.3. The maximum atomic E-state index is 12.8. The van der Waals surface area contributed by atoms with E-state index in [1.165, 1.54) is 42.8 Å². The summed E-state index contributed by atoms with van der Waals surface area (Å²) in [7, 11) is -0.936. The molecule has 2 aromatic rings. The van der Waals surface area contributed by atoms with Crippen LogP contribution in [-0.4, -0.2) is 62.4 Å². The molecule has 1 fully saturated rings. The predicted molar refractivity (Wildman–Crippen MR) is 98.8 cm³/mol. The Kier molecular flexibility index (Phi) is 5.95. The lowest BCUT2D eigenvalue weighted by Gasteiger charge is -2.17. The molecule has 1 aromatic heterocycles. The Morgan fingerprint density at radius 3 is 2.39 bits per heavy atom. The quantitative estimate of drug-likeness (QED) is 0.764.